The summed E-state index contributed by atoms with van der Waals surface area (Å²) < 4.78 is 1.77. The van der Waals surface area contributed by atoms with Crippen LogP contribution in [-0.4, -0.2) is 46.1 Å². The van der Waals surface area contributed by atoms with E-state index in [0.717, 1.165) is 17.7 Å². The van der Waals surface area contributed by atoms with Crippen LogP contribution in [0.3, 0.4) is 0 Å². The van der Waals surface area contributed by atoms with Gasteiger partial charge >= 0.3 is 0 Å². The van der Waals surface area contributed by atoms with E-state index in [-0.39, 0.29) is 17.7 Å². The maximum absolute atomic E-state index is 13.6. The fraction of sp³-hybridized carbons (Fsp3) is 0.250. The molecule has 178 valence electrons. The smallest absolute Gasteiger partial charge is 0.257 e. The first kappa shape index (κ1) is 23.1. The van der Waals surface area contributed by atoms with E-state index in [4.69, 9.17) is 5.10 Å². The molecule has 0 saturated carbocycles. The zero-order valence-electron chi connectivity index (χ0n) is 19.5. The Morgan fingerprint density at radius 1 is 0.943 bits per heavy atom. The van der Waals surface area contributed by atoms with Gasteiger partial charge in [-0.2, -0.15) is 5.10 Å². The van der Waals surface area contributed by atoms with E-state index in [2.05, 4.69) is 16.8 Å². The fourth-order valence-corrected chi connectivity index (χ4v) is 5.18. The van der Waals surface area contributed by atoms with Crippen molar-refractivity contribution in [3.63, 3.8) is 0 Å². The summed E-state index contributed by atoms with van der Waals surface area (Å²) in [5.74, 6) is 0.00105. The summed E-state index contributed by atoms with van der Waals surface area (Å²) >= 11 is 1.71. The molecule has 0 aliphatic carbocycles. The minimum Gasteiger partial charge on any atom is -0.355 e. The van der Waals surface area contributed by atoms with Crippen LogP contribution in [0.5, 0.6) is 0 Å². The van der Waals surface area contributed by atoms with Gasteiger partial charge in [0.15, 0.2) is 0 Å². The van der Waals surface area contributed by atoms with Crippen molar-refractivity contribution in [2.24, 2.45) is 5.92 Å². The van der Waals surface area contributed by atoms with Gasteiger partial charge in [-0.1, -0.05) is 54.6 Å². The van der Waals surface area contributed by atoms with Gasteiger partial charge in [0.1, 0.15) is 5.69 Å². The van der Waals surface area contributed by atoms with Crippen molar-refractivity contribution < 1.29 is 9.59 Å². The van der Waals surface area contributed by atoms with Crippen molar-refractivity contribution in [1.82, 2.24) is 20.0 Å². The van der Waals surface area contributed by atoms with Gasteiger partial charge in [-0.05, 0) is 42.8 Å². The number of hydrogen-bond acceptors (Lipinski definition) is 4. The SMILES string of the molecule is O=C(NCCc1cccs1)C1CCN(C(=O)c2cn(-c3ccccc3)nc2-c2ccccc2)CC1. The molecule has 0 radical (unpaired) electrons. The third-order valence-corrected chi connectivity index (χ3v) is 7.35. The average molecular weight is 485 g/mol. The number of carbonyl (C=O) groups excluding carboxylic acids is 2. The molecule has 2 amide bonds. The van der Waals surface area contributed by atoms with Crippen LogP contribution in [0.4, 0.5) is 0 Å². The van der Waals surface area contributed by atoms with Crippen LogP contribution in [0.1, 0.15) is 28.1 Å². The van der Waals surface area contributed by atoms with Crippen LogP contribution >= 0.6 is 11.3 Å². The molecule has 7 heteroatoms. The first-order valence-electron chi connectivity index (χ1n) is 12.0. The normalized spacial score (nSPS) is 14.1. The van der Waals surface area contributed by atoms with Crippen LogP contribution in [0.25, 0.3) is 16.9 Å². The Hall–Kier alpha value is -3.71. The van der Waals surface area contributed by atoms with Gasteiger partial charge in [0.2, 0.25) is 5.91 Å². The van der Waals surface area contributed by atoms with Crippen LogP contribution in [0, 0.1) is 5.92 Å². The molecule has 0 spiro atoms. The van der Waals surface area contributed by atoms with Crippen molar-refractivity contribution in [3.05, 3.63) is 94.8 Å². The third kappa shape index (κ3) is 5.35. The summed E-state index contributed by atoms with van der Waals surface area (Å²) in [6, 6.07) is 23.7. The predicted octanol–water partition coefficient (Wildman–Crippen LogP) is 4.81. The second-order valence-corrected chi connectivity index (χ2v) is 9.76. The van der Waals surface area contributed by atoms with Gasteiger partial charge in [-0.3, -0.25) is 9.59 Å². The highest BCUT2D eigenvalue weighted by Crippen LogP contribution is 2.27. The Morgan fingerprint density at radius 2 is 1.66 bits per heavy atom. The Kier molecular flexibility index (Phi) is 7.04. The van der Waals surface area contributed by atoms with Crippen molar-refractivity contribution in [2.75, 3.05) is 19.6 Å². The maximum Gasteiger partial charge on any atom is 0.257 e. The molecule has 1 fully saturated rings. The standard InChI is InChI=1S/C28H28N4O2S/c33-27(29-16-13-24-12-7-19-35-24)22-14-17-31(18-15-22)28(34)25-20-32(23-10-5-2-6-11-23)30-26(25)21-8-3-1-4-9-21/h1-12,19-20,22H,13-18H2,(H,29,33). The largest absolute Gasteiger partial charge is 0.355 e. The minimum atomic E-state index is -0.0528. The molecule has 1 aliphatic heterocycles. The molecule has 5 rings (SSSR count). The van der Waals surface area contributed by atoms with E-state index in [1.807, 2.05) is 77.8 Å². The highest BCUT2D eigenvalue weighted by Gasteiger charge is 2.30. The van der Waals surface area contributed by atoms with Crippen LogP contribution < -0.4 is 5.32 Å². The Morgan fingerprint density at radius 3 is 2.34 bits per heavy atom. The molecule has 4 aromatic rings. The highest BCUT2D eigenvalue weighted by molar-refractivity contribution is 7.09. The topological polar surface area (TPSA) is 67.2 Å². The third-order valence-electron chi connectivity index (χ3n) is 6.42. The van der Waals surface area contributed by atoms with Gasteiger partial charge in [0, 0.05) is 42.2 Å². The van der Waals surface area contributed by atoms with E-state index in [1.165, 1.54) is 4.88 Å². The number of nitrogens with one attached hydrogen (secondary N) is 1. The Bertz CT molecular complexity index is 1260. The number of rotatable bonds is 7. The van der Waals surface area contributed by atoms with Crippen molar-refractivity contribution in [3.8, 4) is 16.9 Å². The number of carbonyl (C=O) groups is 2. The number of amides is 2. The molecule has 6 nitrogen and oxygen atoms in total. The second-order valence-electron chi connectivity index (χ2n) is 8.72. The molecule has 1 saturated heterocycles. The van der Waals surface area contributed by atoms with Crippen molar-refractivity contribution in [1.29, 1.82) is 0 Å². The number of nitrogens with zero attached hydrogens (tertiary/aromatic N) is 3. The molecular weight excluding hydrogens is 456 g/mol. The predicted molar refractivity (Wildman–Crippen MR) is 139 cm³/mol. The van der Waals surface area contributed by atoms with E-state index in [9.17, 15) is 9.59 Å². The number of thiophene rings is 1. The lowest BCUT2D eigenvalue weighted by Gasteiger charge is -2.31. The zero-order valence-corrected chi connectivity index (χ0v) is 20.3. The van der Waals surface area contributed by atoms with E-state index in [0.29, 0.717) is 43.7 Å². The molecule has 0 atom stereocenters. The lowest BCUT2D eigenvalue weighted by atomic mass is 9.95. The van der Waals surface area contributed by atoms with Crippen LogP contribution in [0.2, 0.25) is 0 Å². The lowest BCUT2D eigenvalue weighted by Crippen LogP contribution is -2.43. The molecule has 2 aromatic carbocycles. The molecule has 35 heavy (non-hydrogen) atoms. The van der Waals surface area contributed by atoms with Gasteiger partial charge in [-0.25, -0.2) is 4.68 Å². The monoisotopic (exact) mass is 484 g/mol. The van der Waals surface area contributed by atoms with Crippen LogP contribution in [0.15, 0.2) is 84.4 Å². The van der Waals surface area contributed by atoms with Gasteiger partial charge in [-0.15, -0.1) is 11.3 Å². The fourth-order valence-electron chi connectivity index (χ4n) is 4.48. The number of piperidine rings is 1. The second kappa shape index (κ2) is 10.7. The summed E-state index contributed by atoms with van der Waals surface area (Å²) in [5.41, 5.74) is 3.07. The van der Waals surface area contributed by atoms with E-state index >= 15 is 0 Å². The van der Waals surface area contributed by atoms with Gasteiger partial charge in [0.05, 0.1) is 11.3 Å². The molecule has 1 N–H and O–H groups in total. The molecule has 0 unspecified atom stereocenters. The number of para-hydroxylation sites is 1. The molecule has 3 heterocycles. The first-order valence-corrected chi connectivity index (χ1v) is 12.9. The summed E-state index contributed by atoms with van der Waals surface area (Å²) in [6.07, 6.45) is 4.02. The average Bonchev–Trinajstić information content (AvgIpc) is 3.60. The summed E-state index contributed by atoms with van der Waals surface area (Å²) in [7, 11) is 0. The number of hydrogen-bond donors (Lipinski definition) is 1. The van der Waals surface area contributed by atoms with Crippen LogP contribution in [-0.2, 0) is 11.2 Å². The zero-order chi connectivity index (χ0) is 24.0. The number of benzene rings is 2. The van der Waals surface area contributed by atoms with E-state index in [1.54, 1.807) is 16.0 Å². The number of likely N-dealkylation sites (tertiary alicyclic amines) is 1. The van der Waals surface area contributed by atoms with Gasteiger partial charge < -0.3 is 10.2 Å². The Balaban J connectivity index is 1.26. The summed E-state index contributed by atoms with van der Waals surface area (Å²) in [4.78, 5) is 29.4. The lowest BCUT2D eigenvalue weighted by molar-refractivity contribution is -0.126. The minimum absolute atomic E-state index is 0.0393. The first-order chi connectivity index (χ1) is 17.2. The van der Waals surface area contributed by atoms with E-state index < -0.39 is 0 Å². The molecular formula is C28H28N4O2S. The molecule has 0 bridgehead atoms. The number of aromatic nitrogens is 2. The summed E-state index contributed by atoms with van der Waals surface area (Å²) in [6.45, 7) is 1.77. The highest BCUT2D eigenvalue weighted by atomic mass is 32.1. The summed E-state index contributed by atoms with van der Waals surface area (Å²) in [5, 5.41) is 9.89. The molecule has 1 aliphatic rings. The maximum atomic E-state index is 13.6. The van der Waals surface area contributed by atoms with Crippen molar-refractivity contribution >= 4 is 23.2 Å². The Labute approximate surface area is 209 Å². The van der Waals surface area contributed by atoms with Gasteiger partial charge in [0.25, 0.3) is 5.91 Å². The quantitative estimate of drug-likeness (QED) is 0.409. The van der Waals surface area contributed by atoms with Crippen molar-refractivity contribution in [2.45, 2.75) is 19.3 Å². The molecule has 2 aromatic heterocycles.